The molecule has 1 saturated heterocycles. The average molecular weight is 277 g/mol. The van der Waals surface area contributed by atoms with E-state index in [0.29, 0.717) is 18.8 Å². The van der Waals surface area contributed by atoms with Gasteiger partial charge in [0.25, 0.3) is 0 Å². The maximum Gasteiger partial charge on any atom is 0.321 e. The van der Waals surface area contributed by atoms with Crippen LogP contribution < -0.4 is 15.5 Å². The molecule has 0 saturated carbocycles. The summed E-state index contributed by atoms with van der Waals surface area (Å²) >= 11 is 0. The molecule has 20 heavy (non-hydrogen) atoms. The Labute approximate surface area is 115 Å². The summed E-state index contributed by atoms with van der Waals surface area (Å²) in [5, 5.41) is 13.8. The number of amides is 3. The highest BCUT2D eigenvalue weighted by Crippen LogP contribution is 2.19. The Hall–Kier alpha value is -2.57. The lowest BCUT2D eigenvalue weighted by Crippen LogP contribution is -2.27. The minimum atomic E-state index is -1.00. The van der Waals surface area contributed by atoms with Gasteiger partial charge in [0, 0.05) is 30.9 Å². The molecule has 1 aliphatic rings. The molecule has 1 aliphatic heterocycles. The van der Waals surface area contributed by atoms with Crippen molar-refractivity contribution in [1.82, 2.24) is 5.32 Å². The first-order chi connectivity index (χ1) is 9.56. The van der Waals surface area contributed by atoms with Crippen LogP contribution in [0.25, 0.3) is 0 Å². The summed E-state index contributed by atoms with van der Waals surface area (Å²) in [7, 11) is 0. The zero-order valence-corrected chi connectivity index (χ0v) is 10.8. The summed E-state index contributed by atoms with van der Waals surface area (Å²) in [5.74, 6) is -1.35. The number of carbonyl (C=O) groups excluding carboxylic acids is 2. The van der Waals surface area contributed by atoms with Crippen molar-refractivity contribution >= 4 is 29.3 Å². The predicted octanol–water partition coefficient (Wildman–Crippen LogP) is 1.02. The predicted molar refractivity (Wildman–Crippen MR) is 72.7 cm³/mol. The molecule has 3 N–H and O–H groups in total. The number of hydrogen-bond donors (Lipinski definition) is 3. The van der Waals surface area contributed by atoms with Crippen LogP contribution in [-0.2, 0) is 9.59 Å². The third-order valence-electron chi connectivity index (χ3n) is 2.89. The van der Waals surface area contributed by atoms with Gasteiger partial charge in [0.05, 0.1) is 6.42 Å². The van der Waals surface area contributed by atoms with Crippen molar-refractivity contribution in [2.45, 2.75) is 12.8 Å². The van der Waals surface area contributed by atoms with E-state index in [2.05, 4.69) is 10.6 Å². The summed E-state index contributed by atoms with van der Waals surface area (Å²) < 4.78 is 0. The van der Waals surface area contributed by atoms with Crippen LogP contribution in [0.5, 0.6) is 0 Å². The molecule has 1 aromatic rings. The van der Waals surface area contributed by atoms with Crippen molar-refractivity contribution in [2.24, 2.45) is 0 Å². The SMILES string of the molecule is O=C(O)CCC(=O)Nc1ccc(N2CCNC2=O)cc1. The molecule has 7 heteroatoms. The number of rotatable bonds is 5. The second kappa shape index (κ2) is 6.05. The van der Waals surface area contributed by atoms with Crippen molar-refractivity contribution in [3.63, 3.8) is 0 Å². The summed E-state index contributed by atoms with van der Waals surface area (Å²) in [5.41, 5.74) is 1.33. The number of carbonyl (C=O) groups is 3. The lowest BCUT2D eigenvalue weighted by molar-refractivity contribution is -0.138. The first-order valence-corrected chi connectivity index (χ1v) is 6.23. The summed E-state index contributed by atoms with van der Waals surface area (Å²) in [4.78, 5) is 34.9. The minimum Gasteiger partial charge on any atom is -0.481 e. The summed E-state index contributed by atoms with van der Waals surface area (Å²) in [6.07, 6.45) is -0.260. The Morgan fingerprint density at radius 2 is 1.95 bits per heavy atom. The maximum atomic E-state index is 11.5. The van der Waals surface area contributed by atoms with Crippen molar-refractivity contribution in [1.29, 1.82) is 0 Å². The van der Waals surface area contributed by atoms with Gasteiger partial charge in [-0.05, 0) is 24.3 Å². The van der Waals surface area contributed by atoms with Gasteiger partial charge in [-0.1, -0.05) is 0 Å². The van der Waals surface area contributed by atoms with Crippen LogP contribution in [0.2, 0.25) is 0 Å². The third-order valence-corrected chi connectivity index (χ3v) is 2.89. The van der Waals surface area contributed by atoms with Crippen molar-refractivity contribution < 1.29 is 19.5 Å². The monoisotopic (exact) mass is 277 g/mol. The lowest BCUT2D eigenvalue weighted by Gasteiger charge is -2.14. The molecular formula is C13H15N3O4. The second-order valence-electron chi connectivity index (χ2n) is 4.37. The third kappa shape index (κ3) is 3.47. The maximum absolute atomic E-state index is 11.5. The van der Waals surface area contributed by atoms with Crippen LogP contribution in [0.3, 0.4) is 0 Å². The van der Waals surface area contributed by atoms with Gasteiger partial charge in [-0.3, -0.25) is 14.5 Å². The molecule has 0 aliphatic carbocycles. The first-order valence-electron chi connectivity index (χ1n) is 6.23. The van der Waals surface area contributed by atoms with Crippen LogP contribution in [0, 0.1) is 0 Å². The second-order valence-corrected chi connectivity index (χ2v) is 4.37. The molecule has 1 heterocycles. The Balaban J connectivity index is 1.93. The van der Waals surface area contributed by atoms with Gasteiger partial charge >= 0.3 is 12.0 Å². The van der Waals surface area contributed by atoms with E-state index in [9.17, 15) is 14.4 Å². The molecule has 0 bridgehead atoms. The highest BCUT2D eigenvalue weighted by molar-refractivity contribution is 5.95. The van der Waals surface area contributed by atoms with E-state index in [0.717, 1.165) is 5.69 Å². The first kappa shape index (κ1) is 13.9. The van der Waals surface area contributed by atoms with Gasteiger partial charge < -0.3 is 15.7 Å². The van der Waals surface area contributed by atoms with Crippen molar-refractivity contribution in [3.05, 3.63) is 24.3 Å². The number of urea groups is 1. The van der Waals surface area contributed by atoms with Gasteiger partial charge in [0.1, 0.15) is 0 Å². The Bertz CT molecular complexity index is 527. The van der Waals surface area contributed by atoms with Crippen LogP contribution in [0.4, 0.5) is 16.2 Å². The standard InChI is InChI=1S/C13H15N3O4/c17-11(5-6-12(18)19)15-9-1-3-10(4-2-9)16-8-7-14-13(16)20/h1-4H,5-8H2,(H,14,20)(H,15,17)(H,18,19). The number of anilines is 2. The van der Waals surface area contributed by atoms with E-state index in [1.54, 1.807) is 29.2 Å². The molecule has 106 valence electrons. The van der Waals surface area contributed by atoms with Crippen LogP contribution in [0.1, 0.15) is 12.8 Å². The molecule has 1 fully saturated rings. The molecule has 0 spiro atoms. The van der Waals surface area contributed by atoms with Crippen molar-refractivity contribution in [2.75, 3.05) is 23.3 Å². The fourth-order valence-electron chi connectivity index (χ4n) is 1.89. The fraction of sp³-hybridized carbons (Fsp3) is 0.308. The molecule has 0 aromatic heterocycles. The smallest absolute Gasteiger partial charge is 0.321 e. The van der Waals surface area contributed by atoms with E-state index < -0.39 is 5.97 Å². The van der Waals surface area contributed by atoms with Crippen LogP contribution in [-0.4, -0.2) is 36.1 Å². The number of aliphatic carboxylic acids is 1. The number of carboxylic acids is 1. The molecule has 0 unspecified atom stereocenters. The number of carboxylic acid groups (broad SMARTS) is 1. The van der Waals surface area contributed by atoms with E-state index >= 15 is 0 Å². The van der Waals surface area contributed by atoms with Gasteiger partial charge in [0.2, 0.25) is 5.91 Å². The van der Waals surface area contributed by atoms with Gasteiger partial charge in [-0.15, -0.1) is 0 Å². The zero-order chi connectivity index (χ0) is 14.5. The molecule has 0 radical (unpaired) electrons. The number of benzene rings is 1. The molecule has 1 aromatic carbocycles. The number of nitrogens with zero attached hydrogens (tertiary/aromatic N) is 1. The molecule has 3 amide bonds. The summed E-state index contributed by atoms with van der Waals surface area (Å²) in [6.45, 7) is 1.23. The van der Waals surface area contributed by atoms with Crippen LogP contribution in [0.15, 0.2) is 24.3 Å². The van der Waals surface area contributed by atoms with E-state index in [-0.39, 0.29) is 24.8 Å². The molecule has 7 nitrogen and oxygen atoms in total. The molecular weight excluding hydrogens is 262 g/mol. The van der Waals surface area contributed by atoms with Gasteiger partial charge in [-0.2, -0.15) is 0 Å². The average Bonchev–Trinajstić information content (AvgIpc) is 2.84. The molecule has 2 rings (SSSR count). The minimum absolute atomic E-state index is 0.0639. The lowest BCUT2D eigenvalue weighted by atomic mass is 10.2. The normalized spacial score (nSPS) is 14.0. The summed E-state index contributed by atoms with van der Waals surface area (Å²) in [6, 6.07) is 6.69. The highest BCUT2D eigenvalue weighted by Gasteiger charge is 2.20. The highest BCUT2D eigenvalue weighted by atomic mass is 16.4. The topological polar surface area (TPSA) is 98.7 Å². The zero-order valence-electron chi connectivity index (χ0n) is 10.8. The Morgan fingerprint density at radius 3 is 2.50 bits per heavy atom. The van der Waals surface area contributed by atoms with E-state index in [1.807, 2.05) is 0 Å². The molecule has 0 atom stereocenters. The van der Waals surface area contributed by atoms with Gasteiger partial charge in [0.15, 0.2) is 0 Å². The largest absolute Gasteiger partial charge is 0.481 e. The van der Waals surface area contributed by atoms with E-state index in [1.165, 1.54) is 0 Å². The fourth-order valence-corrected chi connectivity index (χ4v) is 1.89. The van der Waals surface area contributed by atoms with Crippen molar-refractivity contribution in [3.8, 4) is 0 Å². The Morgan fingerprint density at radius 1 is 1.25 bits per heavy atom. The number of hydrogen-bond acceptors (Lipinski definition) is 3. The van der Waals surface area contributed by atoms with E-state index in [4.69, 9.17) is 5.11 Å². The Kier molecular flexibility index (Phi) is 4.19. The van der Waals surface area contributed by atoms with Gasteiger partial charge in [-0.25, -0.2) is 4.79 Å². The number of nitrogens with one attached hydrogen (secondary N) is 2. The quantitative estimate of drug-likeness (QED) is 0.748. The van der Waals surface area contributed by atoms with Crippen LogP contribution >= 0.6 is 0 Å².